The zero-order valence-electron chi connectivity index (χ0n) is 11.5. The van der Waals surface area contributed by atoms with Crippen LogP contribution in [0.5, 0.6) is 0 Å². The van der Waals surface area contributed by atoms with E-state index in [0.717, 1.165) is 6.07 Å². The molecule has 0 bridgehead atoms. The number of hydrogen-bond acceptors (Lipinski definition) is 3. The standard InChI is InChI=1S/C13H17ClFNO3S/c1-13(2,3)20(18,19)7-6-16-12(17)10-5-4-9(14)8-11(10)15/h4-5,8H,6-7H2,1-3H3,(H,16,17). The zero-order chi connectivity index (χ0) is 15.6. The fraction of sp³-hybridized carbons (Fsp3) is 0.462. The first-order valence-electron chi connectivity index (χ1n) is 6.00. The van der Waals surface area contributed by atoms with Crippen molar-refractivity contribution >= 4 is 27.3 Å². The molecule has 0 heterocycles. The molecule has 0 aliphatic rings. The van der Waals surface area contributed by atoms with Gasteiger partial charge in [0.15, 0.2) is 9.84 Å². The Morgan fingerprint density at radius 3 is 2.45 bits per heavy atom. The quantitative estimate of drug-likeness (QED) is 0.926. The first kappa shape index (κ1) is 16.9. The average molecular weight is 322 g/mol. The lowest BCUT2D eigenvalue weighted by atomic mass is 10.2. The number of nitrogens with one attached hydrogen (secondary N) is 1. The third-order valence-electron chi connectivity index (χ3n) is 2.77. The lowest BCUT2D eigenvalue weighted by Gasteiger charge is -2.19. The molecule has 1 aromatic rings. The van der Waals surface area contributed by atoms with Crippen LogP contribution in [0.1, 0.15) is 31.1 Å². The maximum atomic E-state index is 13.5. The number of rotatable bonds is 4. The Bertz CT molecular complexity index is 609. The molecular weight excluding hydrogens is 305 g/mol. The van der Waals surface area contributed by atoms with E-state index in [1.165, 1.54) is 12.1 Å². The Morgan fingerprint density at radius 2 is 1.95 bits per heavy atom. The normalized spacial score (nSPS) is 12.2. The first-order valence-corrected chi connectivity index (χ1v) is 8.03. The van der Waals surface area contributed by atoms with Gasteiger partial charge in [0.25, 0.3) is 5.91 Å². The Kier molecular flexibility index (Phi) is 5.15. The second kappa shape index (κ2) is 6.10. The summed E-state index contributed by atoms with van der Waals surface area (Å²) in [4.78, 5) is 11.7. The van der Waals surface area contributed by atoms with E-state index in [1.807, 2.05) is 0 Å². The van der Waals surface area contributed by atoms with Gasteiger partial charge in [-0.15, -0.1) is 0 Å². The van der Waals surface area contributed by atoms with E-state index in [-0.39, 0.29) is 22.9 Å². The average Bonchev–Trinajstić information content (AvgIpc) is 2.26. The van der Waals surface area contributed by atoms with Gasteiger partial charge in [0, 0.05) is 11.6 Å². The number of carbonyl (C=O) groups is 1. The monoisotopic (exact) mass is 321 g/mol. The van der Waals surface area contributed by atoms with Gasteiger partial charge in [0.2, 0.25) is 0 Å². The van der Waals surface area contributed by atoms with Gasteiger partial charge in [-0.05, 0) is 39.0 Å². The third kappa shape index (κ3) is 4.18. The van der Waals surface area contributed by atoms with Crippen LogP contribution in [0.4, 0.5) is 4.39 Å². The van der Waals surface area contributed by atoms with Gasteiger partial charge < -0.3 is 5.32 Å². The summed E-state index contributed by atoms with van der Waals surface area (Å²) >= 11 is 5.58. The summed E-state index contributed by atoms with van der Waals surface area (Å²) in [7, 11) is -3.32. The summed E-state index contributed by atoms with van der Waals surface area (Å²) < 4.78 is 36.3. The molecule has 0 aromatic heterocycles. The smallest absolute Gasteiger partial charge is 0.254 e. The van der Waals surface area contributed by atoms with Gasteiger partial charge >= 0.3 is 0 Å². The molecule has 1 aromatic carbocycles. The van der Waals surface area contributed by atoms with Crippen LogP contribution < -0.4 is 5.32 Å². The summed E-state index contributed by atoms with van der Waals surface area (Å²) in [5.41, 5.74) is -0.164. The van der Waals surface area contributed by atoms with Crippen molar-refractivity contribution in [1.29, 1.82) is 0 Å². The van der Waals surface area contributed by atoms with Crippen molar-refractivity contribution in [3.05, 3.63) is 34.6 Å². The Labute approximate surface area is 123 Å². The van der Waals surface area contributed by atoms with Crippen molar-refractivity contribution in [3.8, 4) is 0 Å². The lowest BCUT2D eigenvalue weighted by Crippen LogP contribution is -2.36. The predicted molar refractivity (Wildman–Crippen MR) is 77.3 cm³/mol. The van der Waals surface area contributed by atoms with Crippen molar-refractivity contribution in [2.45, 2.75) is 25.5 Å². The summed E-state index contributed by atoms with van der Waals surface area (Å²) in [6.07, 6.45) is 0. The van der Waals surface area contributed by atoms with E-state index in [0.29, 0.717) is 0 Å². The molecule has 0 saturated heterocycles. The van der Waals surface area contributed by atoms with Crippen LogP contribution in [-0.4, -0.2) is 31.4 Å². The highest BCUT2D eigenvalue weighted by Crippen LogP contribution is 2.16. The minimum absolute atomic E-state index is 0.0689. The van der Waals surface area contributed by atoms with Crippen LogP contribution in [0.25, 0.3) is 0 Å². The molecule has 1 N–H and O–H groups in total. The molecule has 0 aliphatic carbocycles. The molecule has 0 aliphatic heterocycles. The van der Waals surface area contributed by atoms with E-state index in [2.05, 4.69) is 5.32 Å². The number of amides is 1. The Balaban J connectivity index is 2.66. The van der Waals surface area contributed by atoms with Crippen LogP contribution in [0.3, 0.4) is 0 Å². The highest BCUT2D eigenvalue weighted by Gasteiger charge is 2.28. The number of sulfone groups is 1. The molecule has 0 spiro atoms. The Hall–Kier alpha value is -1.14. The molecule has 0 saturated carbocycles. The number of halogens is 2. The largest absolute Gasteiger partial charge is 0.351 e. The fourth-order valence-electron chi connectivity index (χ4n) is 1.37. The molecule has 0 radical (unpaired) electrons. The highest BCUT2D eigenvalue weighted by atomic mass is 35.5. The molecular formula is C13H17ClFNO3S. The van der Waals surface area contributed by atoms with E-state index in [1.54, 1.807) is 20.8 Å². The molecule has 4 nitrogen and oxygen atoms in total. The van der Waals surface area contributed by atoms with Gasteiger partial charge in [-0.2, -0.15) is 0 Å². The van der Waals surface area contributed by atoms with Gasteiger partial charge in [0.05, 0.1) is 16.1 Å². The van der Waals surface area contributed by atoms with Gasteiger partial charge in [-0.1, -0.05) is 11.6 Å². The van der Waals surface area contributed by atoms with E-state index >= 15 is 0 Å². The van der Waals surface area contributed by atoms with Crippen LogP contribution in [0, 0.1) is 5.82 Å². The van der Waals surface area contributed by atoms with Crippen molar-refractivity contribution in [3.63, 3.8) is 0 Å². The van der Waals surface area contributed by atoms with Crippen LogP contribution in [-0.2, 0) is 9.84 Å². The van der Waals surface area contributed by atoms with E-state index in [4.69, 9.17) is 11.6 Å². The number of hydrogen-bond donors (Lipinski definition) is 1. The molecule has 1 amide bonds. The third-order valence-corrected chi connectivity index (χ3v) is 5.61. The van der Waals surface area contributed by atoms with Gasteiger partial charge in [-0.25, -0.2) is 12.8 Å². The summed E-state index contributed by atoms with van der Waals surface area (Å²) in [5.74, 6) is -1.60. The first-order chi connectivity index (χ1) is 9.04. The second-order valence-electron chi connectivity index (χ2n) is 5.31. The number of carbonyl (C=O) groups excluding carboxylic acids is 1. The van der Waals surface area contributed by atoms with Crippen LogP contribution >= 0.6 is 11.6 Å². The lowest BCUT2D eigenvalue weighted by molar-refractivity contribution is 0.0952. The van der Waals surface area contributed by atoms with E-state index < -0.39 is 26.3 Å². The summed E-state index contributed by atoms with van der Waals surface area (Å²) in [5, 5.41) is 2.58. The SMILES string of the molecule is CC(C)(C)S(=O)(=O)CCNC(=O)c1ccc(Cl)cc1F. The van der Waals surface area contributed by atoms with Crippen LogP contribution in [0.15, 0.2) is 18.2 Å². The molecule has 0 unspecified atom stereocenters. The van der Waals surface area contributed by atoms with E-state index in [9.17, 15) is 17.6 Å². The van der Waals surface area contributed by atoms with Crippen molar-refractivity contribution in [2.75, 3.05) is 12.3 Å². The minimum atomic E-state index is -3.32. The minimum Gasteiger partial charge on any atom is -0.351 e. The molecule has 112 valence electrons. The van der Waals surface area contributed by atoms with Crippen LogP contribution in [0.2, 0.25) is 5.02 Å². The molecule has 1 rings (SSSR count). The Morgan fingerprint density at radius 1 is 1.35 bits per heavy atom. The fourth-order valence-corrected chi connectivity index (χ4v) is 2.52. The molecule has 0 fully saturated rings. The maximum Gasteiger partial charge on any atom is 0.254 e. The predicted octanol–water partition coefficient (Wildman–Crippen LogP) is 2.42. The van der Waals surface area contributed by atoms with Gasteiger partial charge in [-0.3, -0.25) is 4.79 Å². The second-order valence-corrected chi connectivity index (χ2v) is 8.61. The van der Waals surface area contributed by atoms with Crippen molar-refractivity contribution < 1.29 is 17.6 Å². The number of benzene rings is 1. The highest BCUT2D eigenvalue weighted by molar-refractivity contribution is 7.92. The van der Waals surface area contributed by atoms with Crippen molar-refractivity contribution in [2.24, 2.45) is 0 Å². The molecule has 0 atom stereocenters. The van der Waals surface area contributed by atoms with Crippen molar-refractivity contribution in [1.82, 2.24) is 5.32 Å². The summed E-state index contributed by atoms with van der Waals surface area (Å²) in [6.45, 7) is 4.69. The van der Waals surface area contributed by atoms with Gasteiger partial charge in [0.1, 0.15) is 5.82 Å². The topological polar surface area (TPSA) is 63.2 Å². The molecule has 20 heavy (non-hydrogen) atoms. The zero-order valence-corrected chi connectivity index (χ0v) is 13.1. The molecule has 7 heteroatoms. The summed E-state index contributed by atoms with van der Waals surface area (Å²) in [6, 6.07) is 3.68. The maximum absolute atomic E-state index is 13.5.